The van der Waals surface area contributed by atoms with Crippen LogP contribution in [0.2, 0.25) is 0 Å². The highest BCUT2D eigenvalue weighted by atomic mass is 32.1. The molecule has 3 nitrogen and oxygen atoms in total. The summed E-state index contributed by atoms with van der Waals surface area (Å²) in [5.41, 5.74) is 0.887. The van der Waals surface area contributed by atoms with Gasteiger partial charge in [0.05, 0.1) is 5.69 Å². The third-order valence-electron chi connectivity index (χ3n) is 2.86. The van der Waals surface area contributed by atoms with Gasteiger partial charge in [0.2, 0.25) is 0 Å². The molecule has 1 aromatic heterocycles. The van der Waals surface area contributed by atoms with Crippen molar-refractivity contribution in [2.75, 3.05) is 13.7 Å². The molecule has 0 saturated carbocycles. The van der Waals surface area contributed by atoms with E-state index in [-0.39, 0.29) is 5.60 Å². The van der Waals surface area contributed by atoms with Crippen molar-refractivity contribution in [3.8, 4) is 0 Å². The normalized spacial score (nSPS) is 15.0. The lowest BCUT2D eigenvalue weighted by Crippen LogP contribution is -2.23. The Morgan fingerprint density at radius 2 is 2.25 bits per heavy atom. The highest BCUT2D eigenvalue weighted by molar-refractivity contribution is 7.09. The second-order valence-corrected chi connectivity index (χ2v) is 4.97. The first kappa shape index (κ1) is 13.6. The minimum atomic E-state index is -0.228. The Balaban J connectivity index is 2.63. The Morgan fingerprint density at radius 3 is 2.81 bits per heavy atom. The summed E-state index contributed by atoms with van der Waals surface area (Å²) in [6, 6.07) is 0. The lowest BCUT2D eigenvalue weighted by atomic mass is 10.1. The Kier molecular flexibility index (Phi) is 5.38. The van der Waals surface area contributed by atoms with Crippen LogP contribution in [-0.2, 0) is 16.9 Å². The van der Waals surface area contributed by atoms with E-state index in [4.69, 9.17) is 4.74 Å². The lowest BCUT2D eigenvalue weighted by Gasteiger charge is -2.23. The molecule has 0 spiro atoms. The van der Waals surface area contributed by atoms with E-state index in [1.807, 2.05) is 0 Å². The van der Waals surface area contributed by atoms with Gasteiger partial charge in [0.25, 0.3) is 0 Å². The van der Waals surface area contributed by atoms with Crippen molar-refractivity contribution in [3.05, 3.63) is 16.1 Å². The second kappa shape index (κ2) is 6.33. The summed E-state index contributed by atoms with van der Waals surface area (Å²) in [7, 11) is 1.75. The number of aromatic nitrogens is 1. The highest BCUT2D eigenvalue weighted by Crippen LogP contribution is 2.30. The molecular formula is C12H22N2OS. The minimum absolute atomic E-state index is 0.228. The Bertz CT molecular complexity index is 308. The largest absolute Gasteiger partial charge is 0.371 e. The highest BCUT2D eigenvalue weighted by Gasteiger charge is 2.27. The topological polar surface area (TPSA) is 34.1 Å². The minimum Gasteiger partial charge on any atom is -0.371 e. The zero-order chi connectivity index (χ0) is 12.0. The molecule has 0 bridgehead atoms. The summed E-state index contributed by atoms with van der Waals surface area (Å²) < 4.78 is 5.54. The molecule has 0 radical (unpaired) electrons. The van der Waals surface area contributed by atoms with Crippen LogP contribution in [0.5, 0.6) is 0 Å². The number of nitrogens with zero attached hydrogens (tertiary/aromatic N) is 1. The molecule has 0 fully saturated rings. The fourth-order valence-corrected chi connectivity index (χ4v) is 2.44. The maximum atomic E-state index is 5.54. The predicted octanol–water partition coefficient (Wildman–Crippen LogP) is 2.91. The van der Waals surface area contributed by atoms with Crippen LogP contribution in [0.1, 0.15) is 44.3 Å². The molecule has 4 heteroatoms. The van der Waals surface area contributed by atoms with E-state index in [2.05, 4.69) is 36.5 Å². The van der Waals surface area contributed by atoms with Gasteiger partial charge in [-0.05, 0) is 26.3 Å². The molecule has 16 heavy (non-hydrogen) atoms. The van der Waals surface area contributed by atoms with E-state index in [0.717, 1.165) is 36.6 Å². The summed E-state index contributed by atoms with van der Waals surface area (Å²) >= 11 is 1.69. The van der Waals surface area contributed by atoms with Crippen LogP contribution >= 0.6 is 11.3 Å². The van der Waals surface area contributed by atoms with Gasteiger partial charge >= 0.3 is 0 Å². The SMILES string of the molecule is CCCNCc1csc(C(C)(CC)OC)n1. The van der Waals surface area contributed by atoms with Crippen LogP contribution in [0.4, 0.5) is 0 Å². The van der Waals surface area contributed by atoms with Gasteiger partial charge in [-0.25, -0.2) is 4.98 Å². The van der Waals surface area contributed by atoms with Crippen molar-refractivity contribution in [2.45, 2.75) is 45.8 Å². The van der Waals surface area contributed by atoms with Gasteiger partial charge in [-0.1, -0.05) is 13.8 Å². The van der Waals surface area contributed by atoms with Crippen LogP contribution in [-0.4, -0.2) is 18.6 Å². The van der Waals surface area contributed by atoms with Gasteiger partial charge in [0.15, 0.2) is 0 Å². The molecule has 1 atom stereocenters. The zero-order valence-electron chi connectivity index (χ0n) is 10.7. The summed E-state index contributed by atoms with van der Waals surface area (Å²) in [6.07, 6.45) is 2.10. The van der Waals surface area contributed by atoms with Crippen molar-refractivity contribution in [1.82, 2.24) is 10.3 Å². The van der Waals surface area contributed by atoms with Gasteiger partial charge in [-0.3, -0.25) is 0 Å². The van der Waals surface area contributed by atoms with Gasteiger partial charge in [-0.2, -0.15) is 0 Å². The van der Waals surface area contributed by atoms with Crippen molar-refractivity contribution in [1.29, 1.82) is 0 Å². The van der Waals surface area contributed by atoms with Crippen LogP contribution in [0.25, 0.3) is 0 Å². The second-order valence-electron chi connectivity index (χ2n) is 4.11. The molecule has 0 aliphatic carbocycles. The number of hydrogen-bond donors (Lipinski definition) is 1. The molecular weight excluding hydrogens is 220 g/mol. The van der Waals surface area contributed by atoms with Crippen molar-refractivity contribution >= 4 is 11.3 Å². The van der Waals surface area contributed by atoms with Gasteiger partial charge < -0.3 is 10.1 Å². The molecule has 92 valence electrons. The number of hydrogen-bond acceptors (Lipinski definition) is 4. The maximum Gasteiger partial charge on any atom is 0.125 e. The Hall–Kier alpha value is -0.450. The average molecular weight is 242 g/mol. The van der Waals surface area contributed by atoms with Crippen molar-refractivity contribution in [2.24, 2.45) is 0 Å². The molecule has 1 unspecified atom stereocenters. The van der Waals surface area contributed by atoms with Gasteiger partial charge in [0.1, 0.15) is 10.6 Å². The summed E-state index contributed by atoms with van der Waals surface area (Å²) in [4.78, 5) is 4.63. The molecule has 1 rings (SSSR count). The monoisotopic (exact) mass is 242 g/mol. The van der Waals surface area contributed by atoms with Gasteiger partial charge in [-0.15, -0.1) is 11.3 Å². The van der Waals surface area contributed by atoms with E-state index >= 15 is 0 Å². The first-order chi connectivity index (χ1) is 7.66. The molecule has 0 saturated heterocycles. The van der Waals surface area contributed by atoms with E-state index in [1.165, 1.54) is 0 Å². The molecule has 0 amide bonds. The van der Waals surface area contributed by atoms with Crippen LogP contribution in [0, 0.1) is 0 Å². The van der Waals surface area contributed by atoms with Gasteiger partial charge in [0, 0.05) is 19.0 Å². The molecule has 1 aromatic rings. The number of nitrogens with one attached hydrogen (secondary N) is 1. The van der Waals surface area contributed by atoms with Crippen molar-refractivity contribution < 1.29 is 4.74 Å². The Labute approximate surface area is 102 Å². The van der Waals surface area contributed by atoms with Crippen LogP contribution < -0.4 is 5.32 Å². The van der Waals surface area contributed by atoms with Crippen molar-refractivity contribution in [3.63, 3.8) is 0 Å². The molecule has 1 heterocycles. The third-order valence-corrected chi connectivity index (χ3v) is 4.00. The first-order valence-corrected chi connectivity index (χ1v) is 6.75. The molecule has 0 aliphatic heterocycles. The maximum absolute atomic E-state index is 5.54. The van der Waals surface area contributed by atoms with Crippen LogP contribution in [0.15, 0.2) is 5.38 Å². The standard InChI is InChI=1S/C12H22N2OS/c1-5-7-13-8-10-9-16-11(14-10)12(3,6-2)15-4/h9,13H,5-8H2,1-4H3. The fraction of sp³-hybridized carbons (Fsp3) is 0.750. The van der Waals surface area contributed by atoms with E-state index < -0.39 is 0 Å². The Morgan fingerprint density at radius 1 is 1.50 bits per heavy atom. The molecule has 0 aliphatic rings. The lowest BCUT2D eigenvalue weighted by molar-refractivity contribution is -0.00167. The fourth-order valence-electron chi connectivity index (χ4n) is 1.41. The first-order valence-electron chi connectivity index (χ1n) is 5.87. The summed E-state index contributed by atoms with van der Waals surface area (Å²) in [5, 5.41) is 6.55. The summed E-state index contributed by atoms with van der Waals surface area (Å²) in [6.45, 7) is 8.28. The van der Waals surface area contributed by atoms with E-state index in [0.29, 0.717) is 0 Å². The van der Waals surface area contributed by atoms with E-state index in [1.54, 1.807) is 18.4 Å². The third kappa shape index (κ3) is 3.27. The number of ether oxygens (including phenoxy) is 1. The predicted molar refractivity (Wildman–Crippen MR) is 68.8 cm³/mol. The zero-order valence-corrected chi connectivity index (χ0v) is 11.5. The average Bonchev–Trinajstić information content (AvgIpc) is 2.78. The molecule has 1 N–H and O–H groups in total. The quantitative estimate of drug-likeness (QED) is 0.747. The van der Waals surface area contributed by atoms with Crippen LogP contribution in [0.3, 0.4) is 0 Å². The number of rotatable bonds is 7. The summed E-state index contributed by atoms with van der Waals surface area (Å²) in [5.74, 6) is 0. The van der Waals surface area contributed by atoms with E-state index in [9.17, 15) is 0 Å². The number of methoxy groups -OCH3 is 1. The number of thiazole rings is 1. The smallest absolute Gasteiger partial charge is 0.125 e. The molecule has 0 aromatic carbocycles.